The number of amides is 1. The number of anilines is 3. The summed E-state index contributed by atoms with van der Waals surface area (Å²) in [7, 11) is 0. The number of hydrogen-bond donors (Lipinski definition) is 3. The number of rotatable bonds is 7. The van der Waals surface area contributed by atoms with Crippen LogP contribution >= 0.6 is 0 Å². The van der Waals surface area contributed by atoms with Gasteiger partial charge in [-0.3, -0.25) is 25.8 Å². The van der Waals surface area contributed by atoms with Crippen molar-refractivity contribution in [2.75, 3.05) is 10.7 Å². The minimum Gasteiger partial charge on any atom is -0.334 e. The number of nitrogens with one attached hydrogen (secondary N) is 3. The summed E-state index contributed by atoms with van der Waals surface area (Å²) in [6.07, 6.45) is 2.07. The highest BCUT2D eigenvalue weighted by Gasteiger charge is 2.23. The minimum absolute atomic E-state index is 0.0151. The van der Waals surface area contributed by atoms with Crippen LogP contribution in [-0.2, 0) is 6.42 Å². The number of benzene rings is 2. The molecule has 0 unspecified atom stereocenters. The molecule has 0 atom stereocenters. The van der Waals surface area contributed by atoms with E-state index in [1.807, 2.05) is 38.1 Å². The highest BCUT2D eigenvalue weighted by molar-refractivity contribution is 5.95. The first-order chi connectivity index (χ1) is 14.0. The van der Waals surface area contributed by atoms with Gasteiger partial charge in [0.15, 0.2) is 0 Å². The van der Waals surface area contributed by atoms with Crippen LogP contribution in [0.25, 0.3) is 0 Å². The predicted molar refractivity (Wildman–Crippen MR) is 110 cm³/mol. The van der Waals surface area contributed by atoms with Gasteiger partial charge in [-0.1, -0.05) is 36.8 Å². The number of carbonyl (C=O) groups is 1. The van der Waals surface area contributed by atoms with Crippen molar-refractivity contribution in [2.24, 2.45) is 0 Å². The van der Waals surface area contributed by atoms with Crippen LogP contribution in [-0.4, -0.2) is 20.8 Å². The van der Waals surface area contributed by atoms with Crippen LogP contribution in [0.15, 0.2) is 54.9 Å². The summed E-state index contributed by atoms with van der Waals surface area (Å²) < 4.78 is 0. The van der Waals surface area contributed by atoms with Crippen LogP contribution in [0.2, 0.25) is 0 Å². The van der Waals surface area contributed by atoms with Crippen molar-refractivity contribution >= 4 is 28.9 Å². The molecule has 2 aromatic carbocycles. The van der Waals surface area contributed by atoms with Crippen molar-refractivity contribution in [3.05, 3.63) is 81.7 Å². The molecule has 0 spiro atoms. The zero-order valence-electron chi connectivity index (χ0n) is 16.0. The summed E-state index contributed by atoms with van der Waals surface area (Å²) in [5.41, 5.74) is 7.79. The van der Waals surface area contributed by atoms with Crippen LogP contribution < -0.4 is 16.2 Å². The monoisotopic (exact) mass is 392 g/mol. The van der Waals surface area contributed by atoms with Crippen molar-refractivity contribution in [2.45, 2.75) is 20.3 Å². The van der Waals surface area contributed by atoms with Gasteiger partial charge in [0.1, 0.15) is 6.33 Å². The molecule has 148 valence electrons. The number of hydrogen-bond acceptors (Lipinski definition) is 7. The second-order valence-corrected chi connectivity index (χ2v) is 6.30. The molecule has 1 heterocycles. The Morgan fingerprint density at radius 2 is 1.69 bits per heavy atom. The first-order valence-corrected chi connectivity index (χ1v) is 8.96. The van der Waals surface area contributed by atoms with E-state index in [-0.39, 0.29) is 17.3 Å². The summed E-state index contributed by atoms with van der Waals surface area (Å²) in [6.45, 7) is 3.95. The molecule has 9 heteroatoms. The normalized spacial score (nSPS) is 10.3. The fourth-order valence-corrected chi connectivity index (χ4v) is 2.59. The minimum atomic E-state index is -0.608. The van der Waals surface area contributed by atoms with E-state index in [1.165, 1.54) is 6.33 Å². The number of nitrogens with zero attached hydrogens (tertiary/aromatic N) is 3. The Morgan fingerprint density at radius 1 is 1.03 bits per heavy atom. The maximum atomic E-state index is 12.2. The number of hydrazine groups is 1. The third kappa shape index (κ3) is 4.83. The summed E-state index contributed by atoms with van der Waals surface area (Å²) in [5, 5.41) is 14.5. The lowest BCUT2D eigenvalue weighted by Crippen LogP contribution is -2.30. The molecule has 29 heavy (non-hydrogen) atoms. The van der Waals surface area contributed by atoms with Gasteiger partial charge in [-0.2, -0.15) is 0 Å². The van der Waals surface area contributed by atoms with E-state index in [1.54, 1.807) is 24.3 Å². The zero-order valence-corrected chi connectivity index (χ0v) is 16.0. The highest BCUT2D eigenvalue weighted by Crippen LogP contribution is 2.30. The molecule has 3 N–H and O–H groups in total. The predicted octanol–water partition coefficient (Wildman–Crippen LogP) is 3.76. The van der Waals surface area contributed by atoms with Crippen molar-refractivity contribution in [3.8, 4) is 0 Å². The van der Waals surface area contributed by atoms with E-state index in [4.69, 9.17) is 0 Å². The average molecular weight is 392 g/mol. The summed E-state index contributed by atoms with van der Waals surface area (Å²) in [6, 6.07) is 14.4. The molecule has 0 radical (unpaired) electrons. The third-order valence-electron chi connectivity index (χ3n) is 4.24. The maximum absolute atomic E-state index is 12.2. The fraction of sp³-hybridized carbons (Fsp3) is 0.150. The molecule has 3 rings (SSSR count). The van der Waals surface area contributed by atoms with Crippen LogP contribution in [0.4, 0.5) is 23.0 Å². The standard InChI is InChI=1S/C20H20N6O3/c1-3-14-6-10-16(11-7-14)23-18-17(26(28)29)19(22-12-21-18)24-25-20(27)15-8-4-13(2)5-9-15/h4-12H,3H2,1-2H3,(H,25,27)(H2,21,22,23,24). The first-order valence-electron chi connectivity index (χ1n) is 8.96. The summed E-state index contributed by atoms with van der Waals surface area (Å²) in [5.74, 6) is -0.554. The van der Waals surface area contributed by atoms with Gasteiger partial charge in [0.25, 0.3) is 5.91 Å². The van der Waals surface area contributed by atoms with Crippen LogP contribution in [0.5, 0.6) is 0 Å². The quantitative estimate of drug-likeness (QED) is 0.413. The molecule has 1 aromatic heterocycles. The maximum Gasteiger partial charge on any atom is 0.355 e. The van der Waals surface area contributed by atoms with Gasteiger partial charge in [-0.15, -0.1) is 0 Å². The van der Waals surface area contributed by atoms with E-state index in [2.05, 4.69) is 26.1 Å². The Hall–Kier alpha value is -4.01. The second-order valence-electron chi connectivity index (χ2n) is 6.30. The van der Waals surface area contributed by atoms with Crippen LogP contribution in [0.1, 0.15) is 28.4 Å². The average Bonchev–Trinajstić information content (AvgIpc) is 2.73. The Labute approximate surface area is 167 Å². The molecule has 3 aromatic rings. The highest BCUT2D eigenvalue weighted by atomic mass is 16.6. The number of aromatic nitrogens is 2. The molecule has 9 nitrogen and oxygen atoms in total. The van der Waals surface area contributed by atoms with Gasteiger partial charge in [0.05, 0.1) is 4.92 Å². The van der Waals surface area contributed by atoms with Crippen molar-refractivity contribution < 1.29 is 9.72 Å². The lowest BCUT2D eigenvalue weighted by atomic mass is 10.1. The fourth-order valence-electron chi connectivity index (χ4n) is 2.59. The molecule has 0 fully saturated rings. The topological polar surface area (TPSA) is 122 Å². The van der Waals surface area contributed by atoms with Gasteiger partial charge in [0.2, 0.25) is 11.6 Å². The molecule has 0 bridgehead atoms. The second kappa shape index (κ2) is 8.79. The van der Waals surface area contributed by atoms with Crippen LogP contribution in [0.3, 0.4) is 0 Å². The number of aryl methyl sites for hydroxylation is 2. The first kappa shape index (κ1) is 19.7. The van der Waals surface area contributed by atoms with Gasteiger partial charge in [0, 0.05) is 11.3 Å². The Balaban J connectivity index is 1.79. The van der Waals surface area contributed by atoms with E-state index in [0.29, 0.717) is 11.3 Å². The molecule has 0 aliphatic heterocycles. The molecule has 0 aliphatic carbocycles. The van der Waals surface area contributed by atoms with Gasteiger partial charge < -0.3 is 5.32 Å². The van der Waals surface area contributed by atoms with Crippen molar-refractivity contribution in [1.82, 2.24) is 15.4 Å². The number of carbonyl (C=O) groups excluding carboxylic acids is 1. The van der Waals surface area contributed by atoms with E-state index in [0.717, 1.165) is 17.5 Å². The van der Waals surface area contributed by atoms with Crippen molar-refractivity contribution in [1.29, 1.82) is 0 Å². The SMILES string of the molecule is CCc1ccc(Nc2ncnc(NNC(=O)c3ccc(C)cc3)c2[N+](=O)[O-])cc1. The summed E-state index contributed by atoms with van der Waals surface area (Å²) >= 11 is 0. The molecule has 0 saturated heterocycles. The molecule has 0 saturated carbocycles. The van der Waals surface area contributed by atoms with Gasteiger partial charge in [-0.05, 0) is 43.2 Å². The number of nitro groups is 1. The third-order valence-corrected chi connectivity index (χ3v) is 4.24. The van der Waals surface area contributed by atoms with Gasteiger partial charge >= 0.3 is 5.69 Å². The zero-order chi connectivity index (χ0) is 20.8. The van der Waals surface area contributed by atoms with E-state index >= 15 is 0 Å². The van der Waals surface area contributed by atoms with Crippen molar-refractivity contribution in [3.63, 3.8) is 0 Å². The van der Waals surface area contributed by atoms with Crippen LogP contribution in [0, 0.1) is 17.0 Å². The smallest absolute Gasteiger partial charge is 0.334 e. The van der Waals surface area contributed by atoms with E-state index < -0.39 is 10.8 Å². The van der Waals surface area contributed by atoms with E-state index in [9.17, 15) is 14.9 Å². The molecular formula is C20H20N6O3. The molecule has 0 aliphatic rings. The molecule has 1 amide bonds. The molecular weight excluding hydrogens is 372 g/mol. The summed E-state index contributed by atoms with van der Waals surface area (Å²) in [4.78, 5) is 31.1. The lowest BCUT2D eigenvalue weighted by Gasteiger charge is -2.11. The Kier molecular flexibility index (Phi) is 5.98. The Bertz CT molecular complexity index is 1020. The largest absolute Gasteiger partial charge is 0.355 e. The Morgan fingerprint density at radius 3 is 2.31 bits per heavy atom. The van der Waals surface area contributed by atoms with Gasteiger partial charge in [-0.25, -0.2) is 9.97 Å². The lowest BCUT2D eigenvalue weighted by molar-refractivity contribution is -0.383.